The lowest BCUT2D eigenvalue weighted by Gasteiger charge is -2.23. The Labute approximate surface area is 97.6 Å². The third-order valence-corrected chi connectivity index (χ3v) is 3.19. The van der Waals surface area contributed by atoms with Crippen molar-refractivity contribution in [2.75, 3.05) is 6.54 Å². The number of nitrogens with one attached hydrogen (secondary N) is 1. The number of nitrogens with two attached hydrogens (primary N) is 1. The average Bonchev–Trinajstić information content (AvgIpc) is 2.61. The molecule has 1 rings (SSSR count). The van der Waals surface area contributed by atoms with E-state index in [1.165, 1.54) is 0 Å². The van der Waals surface area contributed by atoms with E-state index in [2.05, 4.69) is 5.32 Å². The van der Waals surface area contributed by atoms with Crippen molar-refractivity contribution in [1.29, 1.82) is 0 Å². The van der Waals surface area contributed by atoms with Crippen LogP contribution in [0.5, 0.6) is 0 Å². The van der Waals surface area contributed by atoms with Crippen molar-refractivity contribution >= 4 is 5.91 Å². The number of rotatable bonds is 5. The van der Waals surface area contributed by atoms with Gasteiger partial charge in [0, 0.05) is 6.54 Å². The van der Waals surface area contributed by atoms with Crippen LogP contribution in [0.3, 0.4) is 0 Å². The molecule has 0 aromatic carbocycles. The van der Waals surface area contributed by atoms with Gasteiger partial charge in [-0.2, -0.15) is 0 Å². The smallest absolute Gasteiger partial charge is 0.237 e. The van der Waals surface area contributed by atoms with Crippen molar-refractivity contribution < 1.29 is 9.90 Å². The zero-order chi connectivity index (χ0) is 12.2. The SMILES string of the molecule is CC(C)CC(N)C(=O)NCC1(O)CCCC1. The van der Waals surface area contributed by atoms with Gasteiger partial charge in [0.2, 0.25) is 5.91 Å². The average molecular weight is 228 g/mol. The Morgan fingerprint density at radius 1 is 1.44 bits per heavy atom. The molecule has 0 saturated heterocycles. The van der Waals surface area contributed by atoms with Gasteiger partial charge in [-0.1, -0.05) is 26.7 Å². The first-order valence-electron chi connectivity index (χ1n) is 6.19. The quantitative estimate of drug-likeness (QED) is 0.651. The van der Waals surface area contributed by atoms with Gasteiger partial charge in [0.05, 0.1) is 11.6 Å². The minimum absolute atomic E-state index is 0.144. The number of carbonyl (C=O) groups is 1. The Bertz CT molecular complexity index is 235. The molecule has 0 aromatic rings. The molecule has 4 heteroatoms. The largest absolute Gasteiger partial charge is 0.388 e. The fourth-order valence-electron chi connectivity index (χ4n) is 2.21. The second-order valence-electron chi connectivity index (χ2n) is 5.39. The molecule has 0 aromatic heterocycles. The highest BCUT2D eigenvalue weighted by molar-refractivity contribution is 5.81. The predicted octanol–water partition coefficient (Wildman–Crippen LogP) is 0.781. The van der Waals surface area contributed by atoms with Gasteiger partial charge in [0.15, 0.2) is 0 Å². The molecule has 1 saturated carbocycles. The van der Waals surface area contributed by atoms with Gasteiger partial charge >= 0.3 is 0 Å². The minimum Gasteiger partial charge on any atom is -0.388 e. The highest BCUT2D eigenvalue weighted by Crippen LogP contribution is 2.28. The van der Waals surface area contributed by atoms with E-state index < -0.39 is 11.6 Å². The minimum atomic E-state index is -0.687. The van der Waals surface area contributed by atoms with E-state index in [4.69, 9.17) is 5.73 Å². The standard InChI is InChI=1S/C12H24N2O2/c1-9(2)7-10(13)11(15)14-8-12(16)5-3-4-6-12/h9-10,16H,3-8,13H2,1-2H3,(H,14,15). The molecule has 94 valence electrons. The summed E-state index contributed by atoms with van der Waals surface area (Å²) in [6.07, 6.45) is 4.35. The van der Waals surface area contributed by atoms with Crippen molar-refractivity contribution in [2.24, 2.45) is 11.7 Å². The van der Waals surface area contributed by atoms with Crippen molar-refractivity contribution in [1.82, 2.24) is 5.32 Å². The molecule has 1 aliphatic rings. The van der Waals surface area contributed by atoms with E-state index in [9.17, 15) is 9.90 Å². The van der Waals surface area contributed by atoms with Crippen LogP contribution in [0.4, 0.5) is 0 Å². The molecule has 1 atom stereocenters. The lowest BCUT2D eigenvalue weighted by Crippen LogP contribution is -2.47. The van der Waals surface area contributed by atoms with E-state index in [1.807, 2.05) is 13.8 Å². The summed E-state index contributed by atoms with van der Waals surface area (Å²) >= 11 is 0. The summed E-state index contributed by atoms with van der Waals surface area (Å²) in [5, 5.41) is 12.8. The third-order valence-electron chi connectivity index (χ3n) is 3.19. The number of aliphatic hydroxyl groups is 1. The van der Waals surface area contributed by atoms with Gasteiger partial charge in [0.25, 0.3) is 0 Å². The highest BCUT2D eigenvalue weighted by Gasteiger charge is 2.31. The summed E-state index contributed by atoms with van der Waals surface area (Å²) in [5.41, 5.74) is 5.07. The molecular weight excluding hydrogens is 204 g/mol. The molecule has 1 amide bonds. The van der Waals surface area contributed by atoms with Crippen LogP contribution < -0.4 is 11.1 Å². The maximum Gasteiger partial charge on any atom is 0.237 e. The van der Waals surface area contributed by atoms with Crippen LogP contribution in [0.2, 0.25) is 0 Å². The molecule has 0 spiro atoms. The van der Waals surface area contributed by atoms with E-state index in [0.29, 0.717) is 18.9 Å². The normalized spacial score (nSPS) is 21.1. The van der Waals surface area contributed by atoms with Gasteiger partial charge in [0.1, 0.15) is 0 Å². The molecule has 1 fully saturated rings. The Morgan fingerprint density at radius 3 is 2.50 bits per heavy atom. The second-order valence-corrected chi connectivity index (χ2v) is 5.39. The molecule has 1 aliphatic carbocycles. The van der Waals surface area contributed by atoms with Crippen molar-refractivity contribution in [2.45, 2.75) is 57.6 Å². The lowest BCUT2D eigenvalue weighted by atomic mass is 10.0. The number of carbonyl (C=O) groups excluding carboxylic acids is 1. The maximum atomic E-state index is 11.6. The molecule has 1 unspecified atom stereocenters. The molecule has 4 nitrogen and oxygen atoms in total. The van der Waals surface area contributed by atoms with Crippen molar-refractivity contribution in [3.05, 3.63) is 0 Å². The predicted molar refractivity (Wildman–Crippen MR) is 63.9 cm³/mol. The van der Waals surface area contributed by atoms with Crippen molar-refractivity contribution in [3.63, 3.8) is 0 Å². The zero-order valence-electron chi connectivity index (χ0n) is 10.3. The number of hydrogen-bond acceptors (Lipinski definition) is 3. The van der Waals surface area contributed by atoms with Crippen LogP contribution in [0.1, 0.15) is 46.0 Å². The Balaban J connectivity index is 2.28. The number of hydrogen-bond donors (Lipinski definition) is 3. The Morgan fingerprint density at radius 2 is 2.00 bits per heavy atom. The van der Waals surface area contributed by atoms with Crippen LogP contribution >= 0.6 is 0 Å². The van der Waals surface area contributed by atoms with Gasteiger partial charge < -0.3 is 16.2 Å². The molecule has 0 heterocycles. The van der Waals surface area contributed by atoms with Crippen LogP contribution in [0.15, 0.2) is 0 Å². The number of amides is 1. The van der Waals surface area contributed by atoms with Crippen LogP contribution in [0.25, 0.3) is 0 Å². The summed E-state index contributed by atoms with van der Waals surface area (Å²) in [5.74, 6) is 0.268. The van der Waals surface area contributed by atoms with E-state index in [0.717, 1.165) is 25.7 Å². The highest BCUT2D eigenvalue weighted by atomic mass is 16.3. The third kappa shape index (κ3) is 4.10. The molecule has 0 bridgehead atoms. The lowest BCUT2D eigenvalue weighted by molar-refractivity contribution is -0.123. The summed E-state index contributed by atoms with van der Waals surface area (Å²) in [7, 11) is 0. The van der Waals surface area contributed by atoms with Crippen LogP contribution in [0, 0.1) is 5.92 Å². The summed E-state index contributed by atoms with van der Waals surface area (Å²) in [6.45, 7) is 4.42. The van der Waals surface area contributed by atoms with Crippen molar-refractivity contribution in [3.8, 4) is 0 Å². The van der Waals surface area contributed by atoms with Gasteiger partial charge in [-0.15, -0.1) is 0 Å². The fraction of sp³-hybridized carbons (Fsp3) is 0.917. The van der Waals surface area contributed by atoms with Gasteiger partial charge in [-0.25, -0.2) is 0 Å². The monoisotopic (exact) mass is 228 g/mol. The molecular formula is C12H24N2O2. The molecule has 16 heavy (non-hydrogen) atoms. The maximum absolute atomic E-state index is 11.6. The van der Waals surface area contributed by atoms with Crippen LogP contribution in [-0.2, 0) is 4.79 Å². The molecule has 0 aliphatic heterocycles. The zero-order valence-corrected chi connectivity index (χ0v) is 10.3. The van der Waals surface area contributed by atoms with Gasteiger partial charge in [-0.3, -0.25) is 4.79 Å². The van der Waals surface area contributed by atoms with E-state index in [-0.39, 0.29) is 5.91 Å². The Hall–Kier alpha value is -0.610. The van der Waals surface area contributed by atoms with Gasteiger partial charge in [-0.05, 0) is 25.2 Å². The first-order chi connectivity index (χ1) is 7.43. The second kappa shape index (κ2) is 5.64. The van der Waals surface area contributed by atoms with E-state index in [1.54, 1.807) is 0 Å². The van der Waals surface area contributed by atoms with Crippen LogP contribution in [-0.4, -0.2) is 29.2 Å². The summed E-state index contributed by atoms with van der Waals surface area (Å²) in [6, 6.07) is -0.454. The molecule has 4 N–H and O–H groups in total. The summed E-state index contributed by atoms with van der Waals surface area (Å²) < 4.78 is 0. The first kappa shape index (κ1) is 13.5. The first-order valence-corrected chi connectivity index (χ1v) is 6.19. The fourth-order valence-corrected chi connectivity index (χ4v) is 2.21. The molecule has 0 radical (unpaired) electrons. The topological polar surface area (TPSA) is 75.4 Å². The van der Waals surface area contributed by atoms with E-state index >= 15 is 0 Å². The Kier molecular flexibility index (Phi) is 4.74. The summed E-state index contributed by atoms with van der Waals surface area (Å²) in [4.78, 5) is 11.6.